The Kier molecular flexibility index (Phi) is 2.28. The van der Waals surface area contributed by atoms with Crippen LogP contribution in [0, 0.1) is 0 Å². The Morgan fingerprint density at radius 1 is 1.38 bits per heavy atom. The molecule has 0 unspecified atom stereocenters. The van der Waals surface area contributed by atoms with E-state index in [9.17, 15) is 0 Å². The molecular formula is C8H6BrN3S. The van der Waals surface area contributed by atoms with E-state index in [1.54, 1.807) is 18.6 Å². The highest BCUT2D eigenvalue weighted by atomic mass is 79.9. The third-order valence-electron chi connectivity index (χ3n) is 1.56. The van der Waals surface area contributed by atoms with Gasteiger partial charge in [0.25, 0.3) is 0 Å². The minimum Gasteiger partial charge on any atom is -0.375 e. The summed E-state index contributed by atoms with van der Waals surface area (Å²) in [6.07, 6.45) is 5.27. The lowest BCUT2D eigenvalue weighted by Gasteiger charge is -1.97. The molecule has 0 fully saturated rings. The largest absolute Gasteiger partial charge is 0.375 e. The molecule has 13 heavy (non-hydrogen) atoms. The van der Waals surface area contributed by atoms with Crippen molar-refractivity contribution in [1.82, 2.24) is 9.97 Å². The van der Waals surface area contributed by atoms with E-state index in [0.717, 1.165) is 14.9 Å². The number of rotatable bonds is 1. The van der Waals surface area contributed by atoms with Gasteiger partial charge >= 0.3 is 0 Å². The van der Waals surface area contributed by atoms with Crippen molar-refractivity contribution in [2.24, 2.45) is 0 Å². The zero-order valence-electron chi connectivity index (χ0n) is 6.57. The topological polar surface area (TPSA) is 51.8 Å². The number of nitrogen functional groups attached to an aromatic ring is 1. The average Bonchev–Trinajstić information content (AvgIpc) is 2.53. The van der Waals surface area contributed by atoms with Crippen molar-refractivity contribution in [3.8, 4) is 10.4 Å². The Balaban J connectivity index is 2.52. The standard InChI is InChI=1S/C8H6BrN3S/c9-6-3-11-2-1-5(6)7-4-12-8(10)13-7/h1-4H,(H2,10,12). The molecule has 0 amide bonds. The van der Waals surface area contributed by atoms with Crippen LogP contribution in [-0.4, -0.2) is 9.97 Å². The molecule has 2 aromatic rings. The van der Waals surface area contributed by atoms with Gasteiger partial charge in [0.05, 0.1) is 4.88 Å². The maximum absolute atomic E-state index is 5.54. The third-order valence-corrected chi connectivity index (χ3v) is 3.05. The van der Waals surface area contributed by atoms with Crippen molar-refractivity contribution in [3.63, 3.8) is 0 Å². The van der Waals surface area contributed by atoms with Gasteiger partial charge in [-0.3, -0.25) is 4.98 Å². The Hall–Kier alpha value is -0.940. The third kappa shape index (κ3) is 1.71. The Bertz CT molecular complexity index is 427. The number of anilines is 1. The fraction of sp³-hybridized carbons (Fsp3) is 0. The maximum Gasteiger partial charge on any atom is 0.180 e. The molecular weight excluding hydrogens is 250 g/mol. The van der Waals surface area contributed by atoms with Gasteiger partial charge in [-0.2, -0.15) is 0 Å². The number of hydrogen-bond donors (Lipinski definition) is 1. The summed E-state index contributed by atoms with van der Waals surface area (Å²) < 4.78 is 0.957. The van der Waals surface area contributed by atoms with Crippen LogP contribution in [0.15, 0.2) is 29.1 Å². The van der Waals surface area contributed by atoms with E-state index >= 15 is 0 Å². The van der Waals surface area contributed by atoms with Gasteiger partial charge in [-0.15, -0.1) is 0 Å². The molecule has 5 heteroatoms. The molecule has 3 nitrogen and oxygen atoms in total. The van der Waals surface area contributed by atoms with Crippen molar-refractivity contribution >= 4 is 32.4 Å². The van der Waals surface area contributed by atoms with Crippen molar-refractivity contribution in [3.05, 3.63) is 29.1 Å². The normalized spacial score (nSPS) is 10.2. The zero-order valence-corrected chi connectivity index (χ0v) is 8.97. The first-order valence-electron chi connectivity index (χ1n) is 3.58. The second-order valence-corrected chi connectivity index (χ2v) is 4.33. The molecule has 0 aliphatic carbocycles. The molecule has 0 aliphatic heterocycles. The van der Waals surface area contributed by atoms with Gasteiger partial charge in [0.15, 0.2) is 5.13 Å². The van der Waals surface area contributed by atoms with Crippen LogP contribution >= 0.6 is 27.3 Å². The van der Waals surface area contributed by atoms with Gasteiger partial charge in [0.2, 0.25) is 0 Å². The number of thiazole rings is 1. The summed E-state index contributed by atoms with van der Waals surface area (Å²) in [5.74, 6) is 0. The van der Waals surface area contributed by atoms with E-state index in [0.29, 0.717) is 5.13 Å². The summed E-state index contributed by atoms with van der Waals surface area (Å²) in [5.41, 5.74) is 6.62. The molecule has 0 atom stereocenters. The second-order valence-electron chi connectivity index (χ2n) is 2.42. The van der Waals surface area contributed by atoms with E-state index < -0.39 is 0 Å². The SMILES string of the molecule is Nc1ncc(-c2ccncc2Br)s1. The summed E-state index contributed by atoms with van der Waals surface area (Å²) in [6.45, 7) is 0. The Morgan fingerprint density at radius 3 is 2.85 bits per heavy atom. The van der Waals surface area contributed by atoms with E-state index in [1.807, 2.05) is 6.07 Å². The number of nitrogens with two attached hydrogens (primary N) is 1. The number of aromatic nitrogens is 2. The molecule has 0 bridgehead atoms. The molecule has 66 valence electrons. The molecule has 2 heterocycles. The molecule has 2 N–H and O–H groups in total. The molecule has 2 aromatic heterocycles. The first-order chi connectivity index (χ1) is 6.27. The number of nitrogens with zero attached hydrogens (tertiary/aromatic N) is 2. The number of pyridine rings is 1. The summed E-state index contributed by atoms with van der Waals surface area (Å²) in [5, 5.41) is 0.582. The first-order valence-corrected chi connectivity index (χ1v) is 5.19. The van der Waals surface area contributed by atoms with Crippen molar-refractivity contribution in [1.29, 1.82) is 0 Å². The Morgan fingerprint density at radius 2 is 2.23 bits per heavy atom. The van der Waals surface area contributed by atoms with Crippen LogP contribution in [0.3, 0.4) is 0 Å². The van der Waals surface area contributed by atoms with Gasteiger partial charge in [-0.05, 0) is 22.0 Å². The summed E-state index contributed by atoms with van der Waals surface area (Å²) >= 11 is 4.88. The van der Waals surface area contributed by atoms with Crippen LogP contribution in [0.25, 0.3) is 10.4 Å². The predicted molar refractivity (Wildman–Crippen MR) is 57.5 cm³/mol. The number of hydrogen-bond acceptors (Lipinski definition) is 4. The monoisotopic (exact) mass is 255 g/mol. The van der Waals surface area contributed by atoms with E-state index in [2.05, 4.69) is 25.9 Å². The smallest absolute Gasteiger partial charge is 0.180 e. The average molecular weight is 256 g/mol. The summed E-state index contributed by atoms with van der Waals surface area (Å²) in [6, 6.07) is 1.93. The lowest BCUT2D eigenvalue weighted by molar-refractivity contribution is 1.31. The molecule has 2 rings (SSSR count). The van der Waals surface area contributed by atoms with Crippen LogP contribution in [-0.2, 0) is 0 Å². The van der Waals surface area contributed by atoms with E-state index in [-0.39, 0.29) is 0 Å². The summed E-state index contributed by atoms with van der Waals surface area (Å²) in [7, 11) is 0. The fourth-order valence-corrected chi connectivity index (χ4v) is 2.31. The van der Waals surface area contributed by atoms with Crippen LogP contribution in [0.5, 0.6) is 0 Å². The van der Waals surface area contributed by atoms with Gasteiger partial charge in [-0.25, -0.2) is 4.98 Å². The highest BCUT2D eigenvalue weighted by molar-refractivity contribution is 9.10. The van der Waals surface area contributed by atoms with Gasteiger partial charge in [0, 0.05) is 28.6 Å². The van der Waals surface area contributed by atoms with Crippen molar-refractivity contribution in [2.75, 3.05) is 5.73 Å². The second kappa shape index (κ2) is 3.43. The molecule has 0 radical (unpaired) electrons. The minimum atomic E-state index is 0.582. The summed E-state index contributed by atoms with van der Waals surface area (Å²) in [4.78, 5) is 9.02. The van der Waals surface area contributed by atoms with Gasteiger partial charge in [0.1, 0.15) is 0 Å². The van der Waals surface area contributed by atoms with Crippen molar-refractivity contribution in [2.45, 2.75) is 0 Å². The van der Waals surface area contributed by atoms with Crippen LogP contribution in [0.1, 0.15) is 0 Å². The van der Waals surface area contributed by atoms with E-state index in [4.69, 9.17) is 5.73 Å². The maximum atomic E-state index is 5.54. The highest BCUT2D eigenvalue weighted by Gasteiger charge is 2.05. The van der Waals surface area contributed by atoms with Gasteiger partial charge < -0.3 is 5.73 Å². The first kappa shape index (κ1) is 8.65. The fourth-order valence-electron chi connectivity index (χ4n) is 0.987. The quantitative estimate of drug-likeness (QED) is 0.853. The highest BCUT2D eigenvalue weighted by Crippen LogP contribution is 2.32. The minimum absolute atomic E-state index is 0.582. The van der Waals surface area contributed by atoms with E-state index in [1.165, 1.54) is 11.3 Å². The van der Waals surface area contributed by atoms with Crippen LogP contribution in [0.4, 0.5) is 5.13 Å². The Labute approximate surface area is 87.8 Å². The van der Waals surface area contributed by atoms with Gasteiger partial charge in [-0.1, -0.05) is 11.3 Å². The molecule has 0 aromatic carbocycles. The lowest BCUT2D eigenvalue weighted by atomic mass is 10.2. The predicted octanol–water partition coefficient (Wildman–Crippen LogP) is 2.55. The lowest BCUT2D eigenvalue weighted by Crippen LogP contribution is -1.77. The van der Waals surface area contributed by atoms with Crippen molar-refractivity contribution < 1.29 is 0 Å². The molecule has 0 aliphatic rings. The zero-order chi connectivity index (χ0) is 9.26. The number of halogens is 1. The van der Waals surface area contributed by atoms with Crippen LogP contribution < -0.4 is 5.73 Å². The van der Waals surface area contributed by atoms with Crippen LogP contribution in [0.2, 0.25) is 0 Å². The molecule has 0 saturated heterocycles. The molecule has 0 spiro atoms. The molecule has 0 saturated carbocycles.